The van der Waals surface area contributed by atoms with Crippen LogP contribution < -0.4 is 11.1 Å². The Labute approximate surface area is 158 Å². The van der Waals surface area contributed by atoms with Crippen molar-refractivity contribution in [1.29, 1.82) is 0 Å². The second-order valence-corrected chi connectivity index (χ2v) is 8.09. The van der Waals surface area contributed by atoms with Crippen LogP contribution in [0.1, 0.15) is 41.5 Å². The van der Waals surface area contributed by atoms with Crippen LogP contribution in [0.2, 0.25) is 0 Å². The van der Waals surface area contributed by atoms with Crippen molar-refractivity contribution in [3.8, 4) is 0 Å². The lowest BCUT2D eigenvalue weighted by Crippen LogP contribution is -2.51. The number of halogens is 1. The summed E-state index contributed by atoms with van der Waals surface area (Å²) >= 11 is 3.36. The Bertz CT molecular complexity index is 626. The minimum Gasteiger partial charge on any atom is -0.444 e. The number of hydrogen-bond donors (Lipinski definition) is 2. The van der Waals surface area contributed by atoms with Gasteiger partial charge in [0.2, 0.25) is 5.91 Å². The Morgan fingerprint density at radius 1 is 1.32 bits per heavy atom. The Kier molecular flexibility index (Phi) is 7.29. The van der Waals surface area contributed by atoms with E-state index in [0.717, 1.165) is 4.47 Å². The topological polar surface area (TPSA) is 84.7 Å². The fourth-order valence-electron chi connectivity index (χ4n) is 2.41. The van der Waals surface area contributed by atoms with Crippen LogP contribution in [0.5, 0.6) is 0 Å². The average Bonchev–Trinajstić information content (AvgIpc) is 2.45. The molecule has 1 rings (SSSR count). The van der Waals surface area contributed by atoms with Crippen molar-refractivity contribution in [3.63, 3.8) is 0 Å². The first-order valence-corrected chi connectivity index (χ1v) is 9.11. The number of carbonyl (C=O) groups is 2. The van der Waals surface area contributed by atoms with Crippen LogP contribution in [-0.2, 0) is 9.53 Å². The van der Waals surface area contributed by atoms with Crippen molar-refractivity contribution < 1.29 is 14.3 Å². The van der Waals surface area contributed by atoms with Gasteiger partial charge in [0, 0.05) is 11.0 Å². The first-order chi connectivity index (χ1) is 11.5. The van der Waals surface area contributed by atoms with Crippen LogP contribution in [0.3, 0.4) is 0 Å². The maximum Gasteiger partial charge on any atom is 0.410 e. The molecule has 0 radical (unpaired) electrons. The van der Waals surface area contributed by atoms with Crippen LogP contribution in [0, 0.1) is 5.92 Å². The van der Waals surface area contributed by atoms with Gasteiger partial charge in [0.05, 0.1) is 11.4 Å². The van der Waals surface area contributed by atoms with E-state index >= 15 is 0 Å². The van der Waals surface area contributed by atoms with Gasteiger partial charge in [-0.2, -0.15) is 0 Å². The number of likely N-dealkylation sites (N-methyl/N-ethyl adjacent to an activating group) is 1. The predicted octanol–water partition coefficient (Wildman–Crippen LogP) is 4.25. The van der Waals surface area contributed by atoms with E-state index in [0.29, 0.717) is 17.9 Å². The summed E-state index contributed by atoms with van der Waals surface area (Å²) in [5.41, 5.74) is 6.26. The van der Waals surface area contributed by atoms with Gasteiger partial charge < -0.3 is 15.8 Å². The zero-order valence-electron chi connectivity index (χ0n) is 15.7. The molecular formula is C18H28BrN3O3. The highest BCUT2D eigenvalue weighted by Crippen LogP contribution is 2.25. The number of benzene rings is 1. The molecule has 1 atom stereocenters. The van der Waals surface area contributed by atoms with E-state index in [1.54, 1.807) is 39.0 Å². The second-order valence-electron chi connectivity index (χ2n) is 7.18. The fourth-order valence-corrected chi connectivity index (χ4v) is 2.77. The lowest BCUT2D eigenvalue weighted by Gasteiger charge is -2.34. The summed E-state index contributed by atoms with van der Waals surface area (Å²) in [6.45, 7) is 11.4. The van der Waals surface area contributed by atoms with Gasteiger partial charge in [-0.05, 0) is 51.8 Å². The Balaban J connectivity index is 3.05. The van der Waals surface area contributed by atoms with Gasteiger partial charge in [-0.25, -0.2) is 4.79 Å². The molecule has 0 aliphatic heterocycles. The van der Waals surface area contributed by atoms with Gasteiger partial charge in [-0.3, -0.25) is 9.69 Å². The van der Waals surface area contributed by atoms with Crippen LogP contribution in [0.15, 0.2) is 22.7 Å². The molecule has 1 aromatic carbocycles. The summed E-state index contributed by atoms with van der Waals surface area (Å²) in [6.07, 6.45) is -0.508. The second kappa shape index (κ2) is 8.56. The van der Waals surface area contributed by atoms with E-state index in [2.05, 4.69) is 21.2 Å². The van der Waals surface area contributed by atoms with E-state index in [1.807, 2.05) is 20.8 Å². The Morgan fingerprint density at radius 3 is 2.40 bits per heavy atom. The normalized spacial score (nSPS) is 12.6. The molecule has 6 nitrogen and oxygen atoms in total. The number of amides is 2. The zero-order chi connectivity index (χ0) is 19.4. The smallest absolute Gasteiger partial charge is 0.410 e. The molecule has 7 heteroatoms. The number of ether oxygens (including phenoxy) is 1. The number of carbonyl (C=O) groups excluding carboxylic acids is 2. The third-order valence-corrected chi connectivity index (χ3v) is 3.97. The number of anilines is 2. The first kappa shape index (κ1) is 21.3. The van der Waals surface area contributed by atoms with Gasteiger partial charge in [-0.15, -0.1) is 0 Å². The monoisotopic (exact) mass is 413 g/mol. The molecule has 0 saturated carbocycles. The van der Waals surface area contributed by atoms with Crippen molar-refractivity contribution in [2.24, 2.45) is 5.92 Å². The number of nitrogen functional groups attached to an aromatic ring is 1. The summed E-state index contributed by atoms with van der Waals surface area (Å²) in [5, 5.41) is 2.82. The van der Waals surface area contributed by atoms with Crippen LogP contribution in [0.4, 0.5) is 16.2 Å². The predicted molar refractivity (Wildman–Crippen MR) is 104 cm³/mol. The third kappa shape index (κ3) is 6.23. The largest absolute Gasteiger partial charge is 0.444 e. The molecule has 140 valence electrons. The standard InChI is InChI=1S/C18H28BrN3O3/c1-7-22(17(24)25-18(4,5)6)15(11(2)3)16(23)21-14-10-12(19)8-9-13(14)20/h8-11,15H,7,20H2,1-6H3,(H,21,23)/t15-/m0/s1. The highest BCUT2D eigenvalue weighted by Gasteiger charge is 2.34. The summed E-state index contributed by atoms with van der Waals surface area (Å²) in [4.78, 5) is 26.8. The van der Waals surface area contributed by atoms with E-state index < -0.39 is 17.7 Å². The molecule has 0 bridgehead atoms. The summed E-state index contributed by atoms with van der Waals surface area (Å²) in [5.74, 6) is -0.395. The van der Waals surface area contributed by atoms with Crippen molar-refractivity contribution in [2.45, 2.75) is 53.2 Å². The Hall–Kier alpha value is -1.76. The minimum absolute atomic E-state index is 0.0964. The Morgan fingerprint density at radius 2 is 1.92 bits per heavy atom. The molecule has 0 aliphatic rings. The van der Waals surface area contributed by atoms with Gasteiger partial charge in [0.1, 0.15) is 11.6 Å². The molecule has 1 aromatic rings. The summed E-state index contributed by atoms with van der Waals surface area (Å²) < 4.78 is 6.24. The van der Waals surface area contributed by atoms with Gasteiger partial charge in [-0.1, -0.05) is 29.8 Å². The molecule has 0 spiro atoms. The average molecular weight is 414 g/mol. The highest BCUT2D eigenvalue weighted by molar-refractivity contribution is 9.10. The van der Waals surface area contributed by atoms with E-state index in [9.17, 15) is 9.59 Å². The molecule has 0 fully saturated rings. The number of rotatable bonds is 5. The highest BCUT2D eigenvalue weighted by atomic mass is 79.9. The maximum atomic E-state index is 12.9. The van der Waals surface area contributed by atoms with Gasteiger partial charge in [0.15, 0.2) is 0 Å². The van der Waals surface area contributed by atoms with Crippen LogP contribution in [0.25, 0.3) is 0 Å². The van der Waals surface area contributed by atoms with Crippen molar-refractivity contribution in [2.75, 3.05) is 17.6 Å². The maximum absolute atomic E-state index is 12.9. The molecule has 0 aromatic heterocycles. The van der Waals surface area contributed by atoms with Crippen molar-refractivity contribution in [3.05, 3.63) is 22.7 Å². The summed E-state index contributed by atoms with van der Waals surface area (Å²) in [6, 6.07) is 4.56. The number of hydrogen-bond acceptors (Lipinski definition) is 4. The SMILES string of the molecule is CCN(C(=O)OC(C)(C)C)[C@H](C(=O)Nc1cc(Br)ccc1N)C(C)C. The molecule has 0 aliphatic carbocycles. The molecule has 25 heavy (non-hydrogen) atoms. The molecule has 0 unspecified atom stereocenters. The number of nitrogens with two attached hydrogens (primary N) is 1. The van der Waals surface area contributed by atoms with Crippen molar-refractivity contribution in [1.82, 2.24) is 4.90 Å². The number of nitrogens with zero attached hydrogens (tertiary/aromatic N) is 1. The first-order valence-electron chi connectivity index (χ1n) is 8.31. The van der Waals surface area contributed by atoms with Crippen LogP contribution >= 0.6 is 15.9 Å². The lowest BCUT2D eigenvalue weighted by molar-refractivity contribution is -0.122. The van der Waals surface area contributed by atoms with E-state index in [4.69, 9.17) is 10.5 Å². The van der Waals surface area contributed by atoms with Gasteiger partial charge in [0.25, 0.3) is 0 Å². The van der Waals surface area contributed by atoms with E-state index in [1.165, 1.54) is 4.90 Å². The number of nitrogens with one attached hydrogen (secondary N) is 1. The summed E-state index contributed by atoms with van der Waals surface area (Å²) in [7, 11) is 0. The zero-order valence-corrected chi connectivity index (χ0v) is 17.3. The van der Waals surface area contributed by atoms with Crippen LogP contribution in [-0.4, -0.2) is 35.1 Å². The van der Waals surface area contributed by atoms with Crippen molar-refractivity contribution >= 4 is 39.3 Å². The molecule has 0 heterocycles. The van der Waals surface area contributed by atoms with E-state index in [-0.39, 0.29) is 11.8 Å². The molecule has 2 amide bonds. The molecular weight excluding hydrogens is 386 g/mol. The third-order valence-electron chi connectivity index (χ3n) is 3.48. The molecule has 3 N–H and O–H groups in total. The van der Waals surface area contributed by atoms with Gasteiger partial charge >= 0.3 is 6.09 Å². The molecule has 0 saturated heterocycles. The fraction of sp³-hybridized carbons (Fsp3) is 0.556. The lowest BCUT2D eigenvalue weighted by atomic mass is 10.0. The minimum atomic E-state index is -0.668. The quantitative estimate of drug-likeness (QED) is 0.706.